The van der Waals surface area contributed by atoms with E-state index in [9.17, 15) is 4.79 Å². The van der Waals surface area contributed by atoms with Crippen molar-refractivity contribution >= 4 is 34.2 Å². The summed E-state index contributed by atoms with van der Waals surface area (Å²) in [5.74, 6) is 0. The maximum absolute atomic E-state index is 12.6. The van der Waals surface area contributed by atoms with Gasteiger partial charge in [0.05, 0.1) is 11.6 Å². The van der Waals surface area contributed by atoms with Gasteiger partial charge >= 0.3 is 6.03 Å². The molecule has 2 heterocycles. The molecule has 6 heteroatoms. The summed E-state index contributed by atoms with van der Waals surface area (Å²) in [7, 11) is 0. The van der Waals surface area contributed by atoms with Crippen molar-refractivity contribution in [2.45, 2.75) is 13.0 Å². The summed E-state index contributed by atoms with van der Waals surface area (Å²) in [5.41, 5.74) is 3.14. The topological polar surface area (TPSA) is 48.5 Å². The van der Waals surface area contributed by atoms with Gasteiger partial charge in [-0.2, -0.15) is 0 Å². The first-order chi connectivity index (χ1) is 13.6. The first-order valence-corrected chi connectivity index (χ1v) is 9.89. The SMILES string of the molecule is CC(NC(=O)N1CCN(c2ccnc3cc(Cl)ccc23)CC1)c1ccccc1. The molecule has 28 heavy (non-hydrogen) atoms. The lowest BCUT2D eigenvalue weighted by Crippen LogP contribution is -2.52. The summed E-state index contributed by atoms with van der Waals surface area (Å²) in [6.45, 7) is 4.96. The van der Waals surface area contributed by atoms with Crippen LogP contribution in [0.5, 0.6) is 0 Å². The van der Waals surface area contributed by atoms with E-state index < -0.39 is 0 Å². The molecule has 1 unspecified atom stereocenters. The average molecular weight is 395 g/mol. The second kappa shape index (κ2) is 8.07. The van der Waals surface area contributed by atoms with E-state index in [1.165, 1.54) is 0 Å². The Morgan fingerprint density at radius 3 is 2.57 bits per heavy atom. The van der Waals surface area contributed by atoms with Crippen molar-refractivity contribution in [3.05, 3.63) is 71.4 Å². The molecule has 1 N–H and O–H groups in total. The highest BCUT2D eigenvalue weighted by atomic mass is 35.5. The first kappa shape index (κ1) is 18.6. The number of nitrogens with zero attached hydrogens (tertiary/aromatic N) is 3. The Morgan fingerprint density at radius 2 is 1.82 bits per heavy atom. The fourth-order valence-corrected chi connectivity index (χ4v) is 3.80. The van der Waals surface area contributed by atoms with Crippen molar-refractivity contribution in [3.63, 3.8) is 0 Å². The maximum Gasteiger partial charge on any atom is 0.317 e. The molecule has 0 spiro atoms. The summed E-state index contributed by atoms with van der Waals surface area (Å²) >= 11 is 6.09. The summed E-state index contributed by atoms with van der Waals surface area (Å²) in [6, 6.07) is 17.8. The number of amides is 2. The second-order valence-corrected chi connectivity index (χ2v) is 7.48. The predicted molar refractivity (Wildman–Crippen MR) is 114 cm³/mol. The van der Waals surface area contributed by atoms with Crippen molar-refractivity contribution in [1.82, 2.24) is 15.2 Å². The van der Waals surface area contributed by atoms with Gasteiger partial charge in [0.15, 0.2) is 0 Å². The summed E-state index contributed by atoms with van der Waals surface area (Å²) < 4.78 is 0. The molecule has 0 saturated carbocycles. The number of urea groups is 1. The highest BCUT2D eigenvalue weighted by molar-refractivity contribution is 6.31. The lowest BCUT2D eigenvalue weighted by atomic mass is 10.1. The Kier molecular flexibility index (Phi) is 5.35. The summed E-state index contributed by atoms with van der Waals surface area (Å²) in [4.78, 5) is 21.3. The van der Waals surface area contributed by atoms with Crippen molar-refractivity contribution in [2.24, 2.45) is 0 Å². The molecule has 1 saturated heterocycles. The third-order valence-electron chi connectivity index (χ3n) is 5.23. The van der Waals surface area contributed by atoms with E-state index >= 15 is 0 Å². The number of carbonyl (C=O) groups is 1. The van der Waals surface area contributed by atoms with Gasteiger partial charge in [-0.05, 0) is 36.8 Å². The van der Waals surface area contributed by atoms with Crippen molar-refractivity contribution in [3.8, 4) is 0 Å². The molecule has 4 rings (SSSR count). The van der Waals surface area contributed by atoms with E-state index in [4.69, 9.17) is 11.6 Å². The molecule has 1 aromatic heterocycles. The molecular formula is C22H23ClN4O. The zero-order valence-corrected chi connectivity index (χ0v) is 16.6. The van der Waals surface area contributed by atoms with Gasteiger partial charge in [0.2, 0.25) is 0 Å². The summed E-state index contributed by atoms with van der Waals surface area (Å²) in [6.07, 6.45) is 1.81. The van der Waals surface area contributed by atoms with Crippen LogP contribution in [0, 0.1) is 0 Å². The van der Waals surface area contributed by atoms with E-state index in [0.717, 1.165) is 35.2 Å². The normalized spacial score (nSPS) is 15.5. The van der Waals surface area contributed by atoms with Crippen LogP contribution in [0.15, 0.2) is 60.8 Å². The molecule has 2 amide bonds. The van der Waals surface area contributed by atoms with Crippen molar-refractivity contribution < 1.29 is 4.79 Å². The zero-order chi connectivity index (χ0) is 19.5. The number of hydrogen-bond acceptors (Lipinski definition) is 3. The van der Waals surface area contributed by atoms with E-state index in [1.807, 2.05) is 72.6 Å². The molecule has 144 valence electrons. The van der Waals surface area contributed by atoms with Crippen molar-refractivity contribution in [2.75, 3.05) is 31.1 Å². The lowest BCUT2D eigenvalue weighted by Gasteiger charge is -2.37. The van der Waals surface area contributed by atoms with Crippen LogP contribution in [0.2, 0.25) is 5.02 Å². The number of pyridine rings is 1. The fraction of sp³-hybridized carbons (Fsp3) is 0.273. The van der Waals surface area contributed by atoms with Crippen LogP contribution in [0.1, 0.15) is 18.5 Å². The third-order valence-corrected chi connectivity index (χ3v) is 5.46. The van der Waals surface area contributed by atoms with Crippen molar-refractivity contribution in [1.29, 1.82) is 0 Å². The third kappa shape index (κ3) is 3.90. The number of nitrogens with one attached hydrogen (secondary N) is 1. The standard InChI is InChI=1S/C22H23ClN4O/c1-16(17-5-3-2-4-6-17)25-22(28)27-13-11-26(12-14-27)21-9-10-24-20-15-18(23)7-8-19(20)21/h2-10,15-16H,11-14H2,1H3,(H,25,28). The number of piperazine rings is 1. The molecule has 1 atom stereocenters. The molecule has 0 bridgehead atoms. The number of benzene rings is 2. The van der Waals surface area contributed by atoms with Crippen LogP contribution in [0.4, 0.5) is 10.5 Å². The van der Waals surface area contributed by atoms with Gasteiger partial charge in [-0.3, -0.25) is 4.98 Å². The minimum atomic E-state index is -0.0133. The van der Waals surface area contributed by atoms with Crippen LogP contribution in [-0.2, 0) is 0 Å². The van der Waals surface area contributed by atoms with Crippen LogP contribution >= 0.6 is 11.6 Å². The average Bonchev–Trinajstić information content (AvgIpc) is 2.73. The Balaban J connectivity index is 1.40. The summed E-state index contributed by atoms with van der Waals surface area (Å²) in [5, 5.41) is 4.87. The number of rotatable bonds is 3. The monoisotopic (exact) mass is 394 g/mol. The van der Waals surface area contributed by atoms with Crippen LogP contribution in [0.3, 0.4) is 0 Å². The highest BCUT2D eigenvalue weighted by Crippen LogP contribution is 2.28. The lowest BCUT2D eigenvalue weighted by molar-refractivity contribution is 0.191. The molecule has 1 fully saturated rings. The van der Waals surface area contributed by atoms with Crippen LogP contribution in [0.25, 0.3) is 10.9 Å². The molecule has 2 aromatic carbocycles. The molecule has 0 aliphatic carbocycles. The Hall–Kier alpha value is -2.79. The van der Waals surface area contributed by atoms with Gasteiger partial charge in [0, 0.05) is 48.5 Å². The molecule has 3 aromatic rings. The number of halogens is 1. The first-order valence-electron chi connectivity index (χ1n) is 9.51. The number of aromatic nitrogens is 1. The molecule has 5 nitrogen and oxygen atoms in total. The van der Waals surface area contributed by atoms with Gasteiger partial charge in [-0.1, -0.05) is 41.9 Å². The number of hydrogen-bond donors (Lipinski definition) is 1. The zero-order valence-electron chi connectivity index (χ0n) is 15.8. The molecule has 0 radical (unpaired) electrons. The number of carbonyl (C=O) groups excluding carboxylic acids is 1. The Labute approximate surface area is 169 Å². The minimum Gasteiger partial charge on any atom is -0.367 e. The van der Waals surface area contributed by atoms with Crippen LogP contribution in [-0.4, -0.2) is 42.1 Å². The van der Waals surface area contributed by atoms with Gasteiger partial charge in [-0.15, -0.1) is 0 Å². The quantitative estimate of drug-likeness (QED) is 0.712. The number of fused-ring (bicyclic) bond motifs is 1. The van der Waals surface area contributed by atoms with E-state index in [2.05, 4.69) is 15.2 Å². The van der Waals surface area contributed by atoms with Crippen LogP contribution < -0.4 is 10.2 Å². The predicted octanol–water partition coefficient (Wildman–Crippen LogP) is 4.48. The second-order valence-electron chi connectivity index (χ2n) is 7.05. The molecular weight excluding hydrogens is 372 g/mol. The Morgan fingerprint density at radius 1 is 1.07 bits per heavy atom. The minimum absolute atomic E-state index is 0.0117. The van der Waals surface area contributed by atoms with Gasteiger partial charge in [0.25, 0.3) is 0 Å². The van der Waals surface area contributed by atoms with E-state index in [-0.39, 0.29) is 12.1 Å². The van der Waals surface area contributed by atoms with Gasteiger partial charge in [0.1, 0.15) is 0 Å². The van der Waals surface area contributed by atoms with E-state index in [1.54, 1.807) is 0 Å². The fourth-order valence-electron chi connectivity index (χ4n) is 3.63. The largest absolute Gasteiger partial charge is 0.367 e. The highest BCUT2D eigenvalue weighted by Gasteiger charge is 2.23. The van der Waals surface area contributed by atoms with E-state index in [0.29, 0.717) is 18.1 Å². The van der Waals surface area contributed by atoms with Gasteiger partial charge in [-0.25, -0.2) is 4.79 Å². The Bertz CT molecular complexity index is 971. The smallest absolute Gasteiger partial charge is 0.317 e. The maximum atomic E-state index is 12.6. The molecule has 1 aliphatic rings. The number of anilines is 1. The molecule has 1 aliphatic heterocycles. The van der Waals surface area contributed by atoms with Gasteiger partial charge < -0.3 is 15.1 Å².